The molecule has 2 aromatic rings. The Morgan fingerprint density at radius 3 is 2.36 bits per heavy atom. The van der Waals surface area contributed by atoms with Gasteiger partial charge in [0.05, 0.1) is 24.4 Å². The zero-order valence-electron chi connectivity index (χ0n) is 14.9. The van der Waals surface area contributed by atoms with Crippen molar-refractivity contribution in [2.24, 2.45) is 0 Å². The predicted molar refractivity (Wildman–Crippen MR) is 104 cm³/mol. The van der Waals surface area contributed by atoms with Crippen LogP contribution >= 0.6 is 15.9 Å². The molecule has 4 amide bonds. The number of aromatic hydroxyl groups is 1. The van der Waals surface area contributed by atoms with Crippen LogP contribution in [0, 0.1) is 0 Å². The highest BCUT2D eigenvalue weighted by Crippen LogP contribution is 2.36. The maximum absolute atomic E-state index is 12.9. The Hall–Kier alpha value is -3.33. The van der Waals surface area contributed by atoms with Gasteiger partial charge in [0.25, 0.3) is 11.8 Å². The number of carbonyl (C=O) groups excluding carboxylic acids is 3. The number of hydrogen-bond donors (Lipinski definition) is 2. The zero-order valence-corrected chi connectivity index (χ0v) is 16.4. The van der Waals surface area contributed by atoms with E-state index < -0.39 is 17.8 Å². The SMILES string of the molecule is COc1ccc(N2C(=O)NC(=O)/C(=C\c3cc(Br)c(O)c(OC)c3)C2=O)cc1. The second-order valence-electron chi connectivity index (χ2n) is 5.71. The minimum absolute atomic E-state index is 0.112. The maximum atomic E-state index is 12.9. The third-order valence-electron chi connectivity index (χ3n) is 4.01. The van der Waals surface area contributed by atoms with Crippen molar-refractivity contribution in [3.8, 4) is 17.2 Å². The average molecular weight is 447 g/mol. The number of phenolic OH excluding ortho intramolecular Hbond substituents is 1. The molecule has 3 rings (SSSR count). The molecule has 0 radical (unpaired) electrons. The molecule has 1 heterocycles. The summed E-state index contributed by atoms with van der Waals surface area (Å²) in [5, 5.41) is 12.0. The van der Waals surface area contributed by atoms with Crippen LogP contribution in [0.1, 0.15) is 5.56 Å². The van der Waals surface area contributed by atoms with Gasteiger partial charge in [0.15, 0.2) is 11.5 Å². The average Bonchev–Trinajstić information content (AvgIpc) is 2.68. The second-order valence-corrected chi connectivity index (χ2v) is 6.56. The molecule has 0 atom stereocenters. The second kappa shape index (κ2) is 7.73. The number of nitrogens with one attached hydrogen (secondary N) is 1. The summed E-state index contributed by atoms with van der Waals surface area (Å²) in [6, 6.07) is 8.38. The summed E-state index contributed by atoms with van der Waals surface area (Å²) in [5.74, 6) is -0.987. The molecule has 28 heavy (non-hydrogen) atoms. The molecule has 0 bridgehead atoms. The third kappa shape index (κ3) is 3.56. The highest BCUT2D eigenvalue weighted by Gasteiger charge is 2.36. The van der Waals surface area contributed by atoms with E-state index in [0.29, 0.717) is 15.8 Å². The van der Waals surface area contributed by atoms with E-state index in [1.165, 1.54) is 44.6 Å². The molecule has 0 spiro atoms. The van der Waals surface area contributed by atoms with Crippen LogP contribution in [0.4, 0.5) is 10.5 Å². The third-order valence-corrected chi connectivity index (χ3v) is 4.62. The molecule has 1 fully saturated rings. The minimum atomic E-state index is -0.846. The molecule has 0 unspecified atom stereocenters. The first-order valence-electron chi connectivity index (χ1n) is 7.97. The lowest BCUT2D eigenvalue weighted by molar-refractivity contribution is -0.122. The molecular weight excluding hydrogens is 432 g/mol. The van der Waals surface area contributed by atoms with Gasteiger partial charge in [-0.3, -0.25) is 14.9 Å². The molecule has 9 heteroatoms. The number of hydrogen-bond acceptors (Lipinski definition) is 6. The van der Waals surface area contributed by atoms with Crippen molar-refractivity contribution in [2.45, 2.75) is 0 Å². The summed E-state index contributed by atoms with van der Waals surface area (Å²) in [5.41, 5.74) is 0.463. The van der Waals surface area contributed by atoms with Crippen molar-refractivity contribution in [1.29, 1.82) is 0 Å². The molecule has 0 aliphatic carbocycles. The van der Waals surface area contributed by atoms with Crippen LogP contribution < -0.4 is 19.7 Å². The number of carbonyl (C=O) groups is 3. The molecular formula is C19H15BrN2O6. The normalized spacial score (nSPS) is 15.6. The van der Waals surface area contributed by atoms with Gasteiger partial charge in [0, 0.05) is 0 Å². The fourth-order valence-electron chi connectivity index (χ4n) is 2.62. The first kappa shape index (κ1) is 19.4. The van der Waals surface area contributed by atoms with Gasteiger partial charge in [-0.15, -0.1) is 0 Å². The molecule has 1 saturated heterocycles. The Morgan fingerprint density at radius 1 is 1.07 bits per heavy atom. The van der Waals surface area contributed by atoms with Gasteiger partial charge >= 0.3 is 6.03 Å². The van der Waals surface area contributed by atoms with E-state index in [4.69, 9.17) is 9.47 Å². The van der Waals surface area contributed by atoms with Crippen LogP contribution in [0.3, 0.4) is 0 Å². The number of rotatable bonds is 4. The lowest BCUT2D eigenvalue weighted by Gasteiger charge is -2.26. The Balaban J connectivity index is 2.02. The summed E-state index contributed by atoms with van der Waals surface area (Å²) in [6.07, 6.45) is 1.31. The summed E-state index contributed by atoms with van der Waals surface area (Å²) >= 11 is 3.18. The number of phenols is 1. The molecule has 2 N–H and O–H groups in total. The lowest BCUT2D eigenvalue weighted by Crippen LogP contribution is -2.54. The number of nitrogens with zero attached hydrogens (tertiary/aromatic N) is 1. The summed E-state index contributed by atoms with van der Waals surface area (Å²) in [7, 11) is 2.87. The van der Waals surface area contributed by atoms with E-state index in [9.17, 15) is 19.5 Å². The Labute approximate surface area is 168 Å². The molecule has 2 aromatic carbocycles. The molecule has 1 aliphatic heterocycles. The number of amides is 4. The van der Waals surface area contributed by atoms with Crippen LogP contribution in [-0.4, -0.2) is 37.2 Å². The van der Waals surface area contributed by atoms with Gasteiger partial charge in [0.2, 0.25) is 0 Å². The van der Waals surface area contributed by atoms with Gasteiger partial charge in [-0.2, -0.15) is 0 Å². The summed E-state index contributed by atoms with van der Waals surface area (Å²) in [4.78, 5) is 38.2. The lowest BCUT2D eigenvalue weighted by atomic mass is 10.1. The van der Waals surface area contributed by atoms with Crippen LogP contribution in [0.5, 0.6) is 17.2 Å². The minimum Gasteiger partial charge on any atom is -0.503 e. The van der Waals surface area contributed by atoms with Crippen molar-refractivity contribution in [3.05, 3.63) is 52.0 Å². The predicted octanol–water partition coefficient (Wildman–Crippen LogP) is 2.84. The number of benzene rings is 2. The Kier molecular flexibility index (Phi) is 5.36. The fraction of sp³-hybridized carbons (Fsp3) is 0.105. The van der Waals surface area contributed by atoms with Crippen LogP contribution in [0.25, 0.3) is 6.08 Å². The van der Waals surface area contributed by atoms with Crippen LogP contribution in [0.2, 0.25) is 0 Å². The highest BCUT2D eigenvalue weighted by atomic mass is 79.9. The van der Waals surface area contributed by atoms with E-state index in [1.807, 2.05) is 0 Å². The summed E-state index contributed by atoms with van der Waals surface area (Å²) in [6.45, 7) is 0. The molecule has 0 aromatic heterocycles. The number of halogens is 1. The zero-order chi connectivity index (χ0) is 20.4. The smallest absolute Gasteiger partial charge is 0.335 e. The Morgan fingerprint density at radius 2 is 1.75 bits per heavy atom. The van der Waals surface area contributed by atoms with Gasteiger partial charge in [-0.25, -0.2) is 9.69 Å². The standard InChI is InChI=1S/C19H15BrN2O6/c1-27-12-5-3-11(4-6-12)22-18(25)13(17(24)21-19(22)26)7-10-8-14(20)16(23)15(9-10)28-2/h3-9,23H,1-2H3,(H,21,24,26)/b13-7+. The van der Waals surface area contributed by atoms with Gasteiger partial charge in [0.1, 0.15) is 11.3 Å². The van der Waals surface area contributed by atoms with E-state index in [1.54, 1.807) is 12.1 Å². The topological polar surface area (TPSA) is 105 Å². The summed E-state index contributed by atoms with van der Waals surface area (Å²) < 4.78 is 10.5. The van der Waals surface area contributed by atoms with Gasteiger partial charge in [-0.05, 0) is 64.0 Å². The molecule has 1 aliphatic rings. The van der Waals surface area contributed by atoms with Crippen LogP contribution in [0.15, 0.2) is 46.4 Å². The highest BCUT2D eigenvalue weighted by molar-refractivity contribution is 9.10. The largest absolute Gasteiger partial charge is 0.503 e. The molecule has 144 valence electrons. The van der Waals surface area contributed by atoms with Crippen molar-refractivity contribution in [3.63, 3.8) is 0 Å². The van der Waals surface area contributed by atoms with Crippen molar-refractivity contribution in [1.82, 2.24) is 5.32 Å². The van der Waals surface area contributed by atoms with E-state index in [0.717, 1.165) is 4.90 Å². The maximum Gasteiger partial charge on any atom is 0.335 e. The van der Waals surface area contributed by atoms with Crippen molar-refractivity contribution < 1.29 is 29.0 Å². The number of barbiturate groups is 1. The van der Waals surface area contributed by atoms with E-state index >= 15 is 0 Å². The van der Waals surface area contributed by atoms with Gasteiger partial charge < -0.3 is 14.6 Å². The van der Waals surface area contributed by atoms with Crippen molar-refractivity contribution >= 4 is 45.5 Å². The van der Waals surface area contributed by atoms with Crippen LogP contribution in [-0.2, 0) is 9.59 Å². The van der Waals surface area contributed by atoms with E-state index in [-0.39, 0.29) is 22.8 Å². The first-order chi connectivity index (χ1) is 13.3. The monoisotopic (exact) mass is 446 g/mol. The number of urea groups is 1. The number of ether oxygens (including phenoxy) is 2. The van der Waals surface area contributed by atoms with E-state index in [2.05, 4.69) is 21.2 Å². The fourth-order valence-corrected chi connectivity index (χ4v) is 3.08. The number of imide groups is 2. The first-order valence-corrected chi connectivity index (χ1v) is 8.77. The van der Waals surface area contributed by atoms with Gasteiger partial charge in [-0.1, -0.05) is 0 Å². The molecule has 8 nitrogen and oxygen atoms in total. The quantitative estimate of drug-likeness (QED) is 0.552. The van der Waals surface area contributed by atoms with Crippen molar-refractivity contribution in [2.75, 3.05) is 19.1 Å². The Bertz CT molecular complexity index is 1000. The molecule has 0 saturated carbocycles. The number of anilines is 1. The number of methoxy groups -OCH3 is 2.